The highest BCUT2D eigenvalue weighted by molar-refractivity contribution is 6.13. The van der Waals surface area contributed by atoms with E-state index < -0.39 is 0 Å². The Bertz CT molecular complexity index is 4010. The van der Waals surface area contributed by atoms with Crippen molar-refractivity contribution in [2.45, 2.75) is 38.5 Å². The first-order valence-corrected chi connectivity index (χ1v) is 25.5. The molecule has 0 atom stereocenters. The third kappa shape index (κ3) is 6.65. The van der Waals surface area contributed by atoms with Crippen LogP contribution in [0.5, 0.6) is 0 Å². The van der Waals surface area contributed by atoms with Crippen LogP contribution >= 0.6 is 0 Å². The molecule has 12 aromatic rings. The number of anilines is 6. The Labute approximate surface area is 426 Å². The highest BCUT2D eigenvalue weighted by Crippen LogP contribution is 2.62. The fraction of sp³-hybridized carbons (Fsp3) is 0.0857. The minimum atomic E-state index is -0.335. The van der Waals surface area contributed by atoms with E-state index in [1.54, 1.807) is 0 Å². The normalized spacial score (nSPS) is 13.9. The van der Waals surface area contributed by atoms with Crippen LogP contribution in [0.1, 0.15) is 49.9 Å². The maximum absolute atomic E-state index is 6.81. The van der Waals surface area contributed by atoms with E-state index in [-0.39, 0.29) is 10.8 Å². The second kappa shape index (κ2) is 16.3. The Morgan fingerprint density at radius 3 is 1.40 bits per heavy atom. The van der Waals surface area contributed by atoms with Crippen LogP contribution in [0.25, 0.3) is 77.2 Å². The average molecular weight is 937 g/mol. The van der Waals surface area contributed by atoms with Gasteiger partial charge in [0.25, 0.3) is 0 Å². The van der Waals surface area contributed by atoms with Gasteiger partial charge in [-0.05, 0) is 139 Å². The summed E-state index contributed by atoms with van der Waals surface area (Å²) in [6.07, 6.45) is 0. The molecule has 348 valence electrons. The molecule has 3 heterocycles. The Balaban J connectivity index is 0.991. The number of benzene rings is 11. The minimum Gasteiger partial charge on any atom is -0.454 e. The summed E-state index contributed by atoms with van der Waals surface area (Å²) in [5.41, 5.74) is 22.9. The third-order valence-electron chi connectivity index (χ3n) is 16.0. The van der Waals surface area contributed by atoms with E-state index in [4.69, 9.17) is 4.42 Å². The lowest BCUT2D eigenvalue weighted by Crippen LogP contribution is -2.38. The largest absolute Gasteiger partial charge is 0.454 e. The maximum Gasteiger partial charge on any atom is 0.159 e. The molecule has 2 aliphatic rings. The molecule has 14 rings (SSSR count). The highest BCUT2D eigenvalue weighted by atomic mass is 16.3. The lowest BCUT2D eigenvalue weighted by atomic mass is 9.65. The summed E-state index contributed by atoms with van der Waals surface area (Å²) in [5, 5.41) is 4.55. The molecule has 0 aliphatic carbocycles. The van der Waals surface area contributed by atoms with Gasteiger partial charge in [-0.15, -0.1) is 0 Å². The van der Waals surface area contributed by atoms with Gasteiger partial charge in [-0.3, -0.25) is 0 Å². The lowest BCUT2D eigenvalue weighted by molar-refractivity contribution is 0.598. The first-order chi connectivity index (χ1) is 35.7. The van der Waals surface area contributed by atoms with E-state index in [0.29, 0.717) is 0 Å². The fourth-order valence-electron chi connectivity index (χ4n) is 12.2. The van der Waals surface area contributed by atoms with Crippen LogP contribution < -0.4 is 9.80 Å². The SMILES string of the molecule is CC1(C)c2cc(-c3ccccc3)ccc2N2c3ccc(-c4ccccc4)cc3C(C)(C)c3cc(-c4cccc5c(N(c6ccc(-c7ccccc7)cc6)c6cccc7c6oc6ccccc67)cccc45)cc1c32. The Morgan fingerprint density at radius 2 is 0.795 bits per heavy atom. The number of para-hydroxylation sites is 2. The molecule has 0 radical (unpaired) electrons. The van der Waals surface area contributed by atoms with Crippen LogP contribution in [0.2, 0.25) is 0 Å². The van der Waals surface area contributed by atoms with Gasteiger partial charge in [0.15, 0.2) is 5.58 Å². The zero-order chi connectivity index (χ0) is 49.0. The van der Waals surface area contributed by atoms with Crippen LogP contribution in [-0.2, 0) is 10.8 Å². The van der Waals surface area contributed by atoms with Crippen LogP contribution in [0.15, 0.2) is 247 Å². The second-order valence-electron chi connectivity index (χ2n) is 20.9. The Morgan fingerprint density at radius 1 is 0.342 bits per heavy atom. The van der Waals surface area contributed by atoms with E-state index in [1.165, 1.54) is 89.2 Å². The van der Waals surface area contributed by atoms with Gasteiger partial charge in [-0.1, -0.05) is 204 Å². The molecule has 11 aromatic carbocycles. The summed E-state index contributed by atoms with van der Waals surface area (Å²) in [7, 11) is 0. The molecule has 0 saturated carbocycles. The van der Waals surface area contributed by atoms with Crippen molar-refractivity contribution in [1.82, 2.24) is 0 Å². The molecule has 2 aliphatic heterocycles. The standard InChI is InChI=1S/C70H52N2O/c1-69(2)58-41-49(46-21-10-6-11-22-46)35-39-63(58)72-64-40-36-50(47-23-12-7-13-24-47)42-59(64)70(3,4)61-44-51(43-60(69)67(61)72)53-26-16-28-55-54(53)27-17-30-62(55)71(52-37-33-48(34-38-52)45-19-8-5-9-20-45)65-31-18-29-57-56-25-14-15-32-66(56)73-68(57)65/h5-44H,1-4H3. The first kappa shape index (κ1) is 42.9. The summed E-state index contributed by atoms with van der Waals surface area (Å²) in [5.74, 6) is 0. The van der Waals surface area contributed by atoms with Gasteiger partial charge >= 0.3 is 0 Å². The third-order valence-corrected chi connectivity index (χ3v) is 16.0. The van der Waals surface area contributed by atoms with E-state index in [2.05, 4.69) is 274 Å². The monoisotopic (exact) mass is 936 g/mol. The van der Waals surface area contributed by atoms with Crippen molar-refractivity contribution in [3.63, 3.8) is 0 Å². The molecule has 0 fully saturated rings. The molecule has 3 heteroatoms. The quantitative estimate of drug-likeness (QED) is 0.159. The van der Waals surface area contributed by atoms with Crippen molar-refractivity contribution in [2.75, 3.05) is 9.80 Å². The summed E-state index contributed by atoms with van der Waals surface area (Å²) in [4.78, 5) is 4.98. The Kier molecular flexibility index (Phi) is 9.59. The number of nitrogens with zero attached hydrogens (tertiary/aromatic N) is 2. The van der Waals surface area contributed by atoms with Crippen LogP contribution in [0.3, 0.4) is 0 Å². The summed E-state index contributed by atoms with van der Waals surface area (Å²) in [6.45, 7) is 9.72. The summed E-state index contributed by atoms with van der Waals surface area (Å²) < 4.78 is 6.81. The zero-order valence-corrected chi connectivity index (χ0v) is 41.4. The van der Waals surface area contributed by atoms with E-state index in [9.17, 15) is 0 Å². The van der Waals surface area contributed by atoms with Gasteiger partial charge in [0.1, 0.15) is 5.58 Å². The fourth-order valence-corrected chi connectivity index (χ4v) is 12.2. The minimum absolute atomic E-state index is 0.335. The number of hydrogen-bond acceptors (Lipinski definition) is 3. The molecule has 0 amide bonds. The topological polar surface area (TPSA) is 19.6 Å². The summed E-state index contributed by atoms with van der Waals surface area (Å²) >= 11 is 0. The molecule has 3 nitrogen and oxygen atoms in total. The van der Waals surface area contributed by atoms with Crippen molar-refractivity contribution in [1.29, 1.82) is 0 Å². The summed E-state index contributed by atoms with van der Waals surface area (Å²) in [6, 6.07) is 89.0. The van der Waals surface area contributed by atoms with Crippen molar-refractivity contribution in [3.05, 3.63) is 265 Å². The van der Waals surface area contributed by atoms with Crippen LogP contribution in [-0.4, -0.2) is 0 Å². The molecule has 0 saturated heterocycles. The maximum atomic E-state index is 6.81. The Hall–Kier alpha value is -8.92. The average Bonchev–Trinajstić information content (AvgIpc) is 3.84. The molecule has 73 heavy (non-hydrogen) atoms. The number of furan rings is 1. The van der Waals surface area contributed by atoms with Crippen molar-refractivity contribution >= 4 is 66.8 Å². The second-order valence-corrected chi connectivity index (χ2v) is 20.9. The van der Waals surface area contributed by atoms with Gasteiger partial charge in [-0.25, -0.2) is 0 Å². The number of fused-ring (bicyclic) bond motifs is 8. The highest BCUT2D eigenvalue weighted by Gasteiger charge is 2.46. The van der Waals surface area contributed by atoms with Gasteiger partial charge in [0.2, 0.25) is 0 Å². The molecule has 0 spiro atoms. The smallest absolute Gasteiger partial charge is 0.159 e. The number of hydrogen-bond donors (Lipinski definition) is 0. The van der Waals surface area contributed by atoms with Crippen LogP contribution in [0.4, 0.5) is 34.1 Å². The number of rotatable bonds is 7. The molecule has 1 aromatic heterocycles. The first-order valence-electron chi connectivity index (χ1n) is 25.5. The predicted octanol–water partition coefficient (Wildman–Crippen LogP) is 19.6. The van der Waals surface area contributed by atoms with Crippen molar-refractivity contribution < 1.29 is 4.42 Å². The van der Waals surface area contributed by atoms with Gasteiger partial charge in [-0.2, -0.15) is 0 Å². The van der Waals surface area contributed by atoms with Gasteiger partial charge in [0.05, 0.1) is 28.4 Å². The van der Waals surface area contributed by atoms with Gasteiger partial charge < -0.3 is 14.2 Å². The zero-order valence-electron chi connectivity index (χ0n) is 41.4. The van der Waals surface area contributed by atoms with E-state index in [0.717, 1.165) is 44.4 Å². The van der Waals surface area contributed by atoms with E-state index >= 15 is 0 Å². The lowest BCUT2D eigenvalue weighted by Gasteiger charge is -2.50. The molecule has 0 unspecified atom stereocenters. The van der Waals surface area contributed by atoms with Crippen molar-refractivity contribution in [3.8, 4) is 44.5 Å². The van der Waals surface area contributed by atoms with Crippen LogP contribution in [0, 0.1) is 0 Å². The predicted molar refractivity (Wildman–Crippen MR) is 307 cm³/mol. The van der Waals surface area contributed by atoms with E-state index in [1.807, 2.05) is 6.07 Å². The van der Waals surface area contributed by atoms with Crippen molar-refractivity contribution in [2.24, 2.45) is 0 Å². The molecule has 0 bridgehead atoms. The molecular formula is C70H52N2O. The molecular weight excluding hydrogens is 885 g/mol. The van der Waals surface area contributed by atoms with Gasteiger partial charge in [0, 0.05) is 32.7 Å². The molecule has 0 N–H and O–H groups in total.